The number of amides is 1. The molecule has 0 aliphatic carbocycles. The van der Waals surface area contributed by atoms with Crippen molar-refractivity contribution in [1.82, 2.24) is 16.1 Å². The predicted octanol–water partition coefficient (Wildman–Crippen LogP) is 6.07. The van der Waals surface area contributed by atoms with Crippen molar-refractivity contribution in [2.45, 2.75) is 26.5 Å². The van der Waals surface area contributed by atoms with Gasteiger partial charge in [0.05, 0.1) is 41.6 Å². The third kappa shape index (κ3) is 9.00. The Bertz CT molecular complexity index is 1670. The number of hydrogen-bond donors (Lipinski definition) is 3. The molecule has 236 valence electrons. The lowest BCUT2D eigenvalue weighted by Crippen LogP contribution is -2.45. The number of allylic oxidation sites excluding steroid dienone is 1. The minimum absolute atomic E-state index is 0.192. The summed E-state index contributed by atoms with van der Waals surface area (Å²) in [5.74, 6) is 0.307. The average Bonchev–Trinajstić information content (AvgIpc) is 3.00. The molecule has 0 bridgehead atoms. The predicted molar refractivity (Wildman–Crippen MR) is 185 cm³/mol. The molecule has 1 heterocycles. The van der Waals surface area contributed by atoms with Gasteiger partial charge in [-0.15, -0.1) is 0 Å². The minimum atomic E-state index is -0.645. The van der Waals surface area contributed by atoms with Crippen LogP contribution in [-0.2, 0) is 20.9 Å². The highest BCUT2D eigenvalue weighted by Gasteiger charge is 2.32. The van der Waals surface area contributed by atoms with E-state index in [4.69, 9.17) is 54.4 Å². The average molecular weight is 783 g/mol. The van der Waals surface area contributed by atoms with E-state index in [1.54, 1.807) is 50.2 Å². The van der Waals surface area contributed by atoms with Gasteiger partial charge in [0.15, 0.2) is 23.2 Å². The molecule has 45 heavy (non-hydrogen) atoms. The van der Waals surface area contributed by atoms with Crippen LogP contribution in [0.4, 0.5) is 0 Å². The van der Waals surface area contributed by atoms with Crippen molar-refractivity contribution in [3.63, 3.8) is 0 Å². The molecule has 0 saturated heterocycles. The van der Waals surface area contributed by atoms with Crippen LogP contribution in [0.2, 0.25) is 10.0 Å². The topological polar surface area (TPSA) is 120 Å². The highest BCUT2D eigenvalue weighted by Crippen LogP contribution is 2.35. The van der Waals surface area contributed by atoms with Gasteiger partial charge in [-0.2, -0.15) is 5.10 Å². The van der Waals surface area contributed by atoms with Crippen LogP contribution in [0, 0.1) is 3.57 Å². The van der Waals surface area contributed by atoms with Crippen LogP contribution in [0.5, 0.6) is 17.2 Å². The highest BCUT2D eigenvalue weighted by atomic mass is 127. The summed E-state index contributed by atoms with van der Waals surface area (Å²) >= 11 is 19.7. The van der Waals surface area contributed by atoms with Gasteiger partial charge < -0.3 is 29.6 Å². The van der Waals surface area contributed by atoms with Gasteiger partial charge in [-0.3, -0.25) is 4.79 Å². The zero-order valence-corrected chi connectivity index (χ0v) is 28.9. The summed E-state index contributed by atoms with van der Waals surface area (Å²) in [5, 5.41) is 11.4. The van der Waals surface area contributed by atoms with Gasteiger partial charge in [-0.25, -0.2) is 10.2 Å². The largest absolute Gasteiger partial charge is 0.493 e. The number of carbonyl (C=O) groups is 2. The number of benzene rings is 3. The van der Waals surface area contributed by atoms with Crippen molar-refractivity contribution < 1.29 is 28.5 Å². The van der Waals surface area contributed by atoms with E-state index in [2.05, 4.69) is 43.8 Å². The smallest absolute Gasteiger partial charge is 0.338 e. The fourth-order valence-corrected chi connectivity index (χ4v) is 5.59. The van der Waals surface area contributed by atoms with Gasteiger partial charge >= 0.3 is 5.97 Å². The second-order valence-corrected chi connectivity index (χ2v) is 11.9. The molecule has 10 nitrogen and oxygen atoms in total. The number of methoxy groups -OCH3 is 1. The van der Waals surface area contributed by atoms with E-state index in [1.165, 1.54) is 13.3 Å². The van der Waals surface area contributed by atoms with Crippen molar-refractivity contribution in [3.05, 3.63) is 96.2 Å². The van der Waals surface area contributed by atoms with Crippen molar-refractivity contribution >= 4 is 81.2 Å². The molecular formula is C31H29Cl2IN4O6S. The summed E-state index contributed by atoms with van der Waals surface area (Å²) in [4.78, 5) is 25.5. The minimum Gasteiger partial charge on any atom is -0.493 e. The Hall–Kier alpha value is -3.59. The second kappa shape index (κ2) is 16.1. The third-order valence-corrected chi connectivity index (χ3v) is 7.96. The summed E-state index contributed by atoms with van der Waals surface area (Å²) in [6.45, 7) is 3.53. The number of esters is 1. The molecule has 0 fully saturated rings. The Labute approximate surface area is 289 Å². The number of hydrazone groups is 1. The maximum Gasteiger partial charge on any atom is 0.338 e. The first-order valence-electron chi connectivity index (χ1n) is 13.5. The molecule has 0 radical (unpaired) electrons. The molecule has 3 aromatic carbocycles. The van der Waals surface area contributed by atoms with E-state index in [0.717, 1.165) is 9.13 Å². The zero-order valence-electron chi connectivity index (χ0n) is 24.4. The lowest BCUT2D eigenvalue weighted by molar-refractivity contribution is -0.139. The summed E-state index contributed by atoms with van der Waals surface area (Å²) in [6.07, 6.45) is 1.46. The Morgan fingerprint density at radius 2 is 1.87 bits per heavy atom. The molecule has 1 aliphatic rings. The number of ether oxygens (including phenoxy) is 4. The first-order chi connectivity index (χ1) is 21.6. The fourth-order valence-electron chi connectivity index (χ4n) is 4.38. The number of carbonyl (C=O) groups excluding carboxylic acids is 2. The third-order valence-electron chi connectivity index (χ3n) is 6.38. The van der Waals surface area contributed by atoms with E-state index in [1.807, 2.05) is 18.2 Å². The molecule has 3 aromatic rings. The van der Waals surface area contributed by atoms with Gasteiger partial charge in [-0.05, 0) is 84.6 Å². The van der Waals surface area contributed by atoms with Crippen molar-refractivity contribution in [1.29, 1.82) is 0 Å². The van der Waals surface area contributed by atoms with E-state index >= 15 is 0 Å². The monoisotopic (exact) mass is 782 g/mol. The SMILES string of the molecule is CCOC(=O)C1=C(C)NC(=S)N[C@H]1c1ccccc1OCC(=O)NN=Cc1cc(I)cc(OC)c1OCc1ccc(Cl)c(Cl)c1. The molecule has 4 rings (SSSR count). The van der Waals surface area contributed by atoms with Gasteiger partial charge in [0.1, 0.15) is 12.4 Å². The number of halogens is 3. The fraction of sp³-hybridized carbons (Fsp3) is 0.226. The number of rotatable bonds is 12. The summed E-state index contributed by atoms with van der Waals surface area (Å²) < 4.78 is 23.6. The Morgan fingerprint density at radius 3 is 2.60 bits per heavy atom. The van der Waals surface area contributed by atoms with Crippen molar-refractivity contribution in [3.8, 4) is 17.2 Å². The highest BCUT2D eigenvalue weighted by molar-refractivity contribution is 14.1. The molecule has 1 atom stereocenters. The summed E-state index contributed by atoms with van der Waals surface area (Å²) in [7, 11) is 1.54. The normalized spacial score (nSPS) is 14.4. The molecule has 0 saturated carbocycles. The number of thiocarbonyl (C=S) groups is 1. The van der Waals surface area contributed by atoms with Gasteiger partial charge in [0.2, 0.25) is 0 Å². The van der Waals surface area contributed by atoms with Crippen molar-refractivity contribution in [2.75, 3.05) is 20.3 Å². The molecule has 0 spiro atoms. The maximum absolute atomic E-state index is 12.8. The van der Waals surface area contributed by atoms with Crippen LogP contribution < -0.4 is 30.3 Å². The van der Waals surface area contributed by atoms with Gasteiger partial charge in [0, 0.05) is 20.4 Å². The van der Waals surface area contributed by atoms with Crippen LogP contribution >= 0.6 is 58.0 Å². The zero-order chi connectivity index (χ0) is 32.5. The van der Waals surface area contributed by atoms with E-state index in [-0.39, 0.29) is 19.8 Å². The van der Waals surface area contributed by atoms with Crippen LogP contribution in [0.15, 0.2) is 71.0 Å². The van der Waals surface area contributed by atoms with Gasteiger partial charge in [0.25, 0.3) is 5.91 Å². The number of nitrogens with one attached hydrogen (secondary N) is 3. The quantitative estimate of drug-likeness (QED) is 0.0662. The van der Waals surface area contributed by atoms with E-state index in [9.17, 15) is 9.59 Å². The summed E-state index contributed by atoms with van der Waals surface area (Å²) in [6, 6.07) is 15.3. The number of nitrogens with zero attached hydrogens (tertiary/aromatic N) is 1. The molecule has 3 N–H and O–H groups in total. The lowest BCUT2D eigenvalue weighted by Gasteiger charge is -2.30. The number of hydrogen-bond acceptors (Lipinski definition) is 8. The second-order valence-electron chi connectivity index (χ2n) is 9.47. The first-order valence-corrected chi connectivity index (χ1v) is 15.8. The Morgan fingerprint density at radius 1 is 1.09 bits per heavy atom. The molecule has 1 aliphatic heterocycles. The first kappa shape index (κ1) is 34.3. The van der Waals surface area contributed by atoms with Crippen molar-refractivity contribution in [2.24, 2.45) is 5.10 Å². The van der Waals surface area contributed by atoms with E-state index in [0.29, 0.717) is 54.8 Å². The molecular weight excluding hydrogens is 754 g/mol. The Balaban J connectivity index is 1.46. The Kier molecular flexibility index (Phi) is 12.3. The molecule has 14 heteroatoms. The lowest BCUT2D eigenvalue weighted by atomic mass is 9.95. The number of para-hydroxylation sites is 1. The van der Waals surface area contributed by atoms with E-state index < -0.39 is 17.9 Å². The van der Waals surface area contributed by atoms with Crippen LogP contribution in [0.1, 0.15) is 36.6 Å². The van der Waals surface area contributed by atoms with Crippen LogP contribution in [0.25, 0.3) is 0 Å². The molecule has 0 aromatic heterocycles. The van der Waals surface area contributed by atoms with Crippen LogP contribution in [0.3, 0.4) is 0 Å². The van der Waals surface area contributed by atoms with Gasteiger partial charge in [-0.1, -0.05) is 47.5 Å². The summed E-state index contributed by atoms with van der Waals surface area (Å²) in [5.41, 5.74) is 5.39. The standard InChI is InChI=1S/C31H29Cl2IN4O6S/c1-4-42-30(40)27-17(2)36-31(45)37-28(27)21-7-5-6-8-24(21)43-16-26(39)38-35-14-19-12-20(34)13-25(41-3)29(19)44-15-18-9-10-22(32)23(33)11-18/h5-14,28H,4,15-16H2,1-3H3,(H,38,39)(H2,36,37,45)/t28-/m0/s1. The molecule has 0 unspecified atom stereocenters. The van der Waals surface area contributed by atoms with Crippen LogP contribution in [-0.4, -0.2) is 43.5 Å². The maximum atomic E-state index is 12.8. The molecule has 1 amide bonds.